The molecule has 1 amide bonds. The molecule has 5 heteroatoms. The van der Waals surface area contributed by atoms with Crippen molar-refractivity contribution in [3.8, 4) is 0 Å². The van der Waals surface area contributed by atoms with Crippen LogP contribution in [-0.4, -0.2) is 34.0 Å². The smallest absolute Gasteiger partial charge is 0.329 e. The Morgan fingerprint density at radius 3 is 2.76 bits per heavy atom. The summed E-state index contributed by atoms with van der Waals surface area (Å²) in [5, 5.41) is 9.24. The Balaban J connectivity index is 2.32. The van der Waals surface area contributed by atoms with Crippen LogP contribution in [0.4, 0.5) is 0 Å². The van der Waals surface area contributed by atoms with Gasteiger partial charge in [-0.3, -0.25) is 4.79 Å². The summed E-state index contributed by atoms with van der Waals surface area (Å²) < 4.78 is 5.08. The Labute approximate surface area is 99.0 Å². The molecule has 2 heterocycles. The van der Waals surface area contributed by atoms with Crippen LogP contribution in [0.25, 0.3) is 0 Å². The van der Waals surface area contributed by atoms with Gasteiger partial charge < -0.3 is 14.4 Å². The molecule has 5 nitrogen and oxygen atoms in total. The molecule has 1 aromatic rings. The number of rotatable bonds is 2. The Bertz CT molecular complexity index is 465. The fraction of sp³-hybridized carbons (Fsp3) is 0.500. The molecule has 92 valence electrons. The van der Waals surface area contributed by atoms with Crippen LogP contribution in [0.1, 0.15) is 35.9 Å². The standard InChI is InChI=1S/C12H15NO4/c1-8-9(4-7-17-8)10(14)13-6-3-5-12(13,2)11(15)16/h4,7H,3,5-6H2,1-2H3,(H,15,16)/t12-/m0/s1. The monoisotopic (exact) mass is 237 g/mol. The molecular formula is C12H15NO4. The summed E-state index contributed by atoms with van der Waals surface area (Å²) in [4.78, 5) is 25.0. The van der Waals surface area contributed by atoms with Crippen LogP contribution in [0.3, 0.4) is 0 Å². The maximum atomic E-state index is 12.3. The molecule has 0 unspecified atom stereocenters. The number of nitrogens with zero attached hydrogens (tertiary/aromatic N) is 1. The third kappa shape index (κ3) is 1.71. The van der Waals surface area contributed by atoms with Crippen molar-refractivity contribution in [3.63, 3.8) is 0 Å². The third-order valence-corrected chi connectivity index (χ3v) is 3.44. The Kier molecular flexibility index (Phi) is 2.69. The molecule has 1 aromatic heterocycles. The number of aryl methyl sites for hydroxylation is 1. The van der Waals surface area contributed by atoms with E-state index < -0.39 is 11.5 Å². The van der Waals surface area contributed by atoms with Gasteiger partial charge in [0.25, 0.3) is 5.91 Å². The first-order valence-electron chi connectivity index (χ1n) is 5.56. The topological polar surface area (TPSA) is 70.8 Å². The number of carboxylic acids is 1. The molecule has 0 spiro atoms. The summed E-state index contributed by atoms with van der Waals surface area (Å²) in [5.41, 5.74) is -0.653. The Morgan fingerprint density at radius 1 is 1.53 bits per heavy atom. The highest BCUT2D eigenvalue weighted by atomic mass is 16.4. The number of carbonyl (C=O) groups excluding carboxylic acids is 1. The summed E-state index contributed by atoms with van der Waals surface area (Å²) in [6.45, 7) is 3.77. The summed E-state index contributed by atoms with van der Waals surface area (Å²) in [7, 11) is 0. The molecule has 0 saturated carbocycles. The number of carboxylic acid groups (broad SMARTS) is 1. The molecule has 1 saturated heterocycles. The molecule has 1 fully saturated rings. The fourth-order valence-corrected chi connectivity index (χ4v) is 2.26. The van der Waals surface area contributed by atoms with Gasteiger partial charge in [-0.1, -0.05) is 0 Å². The van der Waals surface area contributed by atoms with Gasteiger partial charge in [-0.25, -0.2) is 4.79 Å². The molecule has 0 aromatic carbocycles. The maximum Gasteiger partial charge on any atom is 0.329 e. The lowest BCUT2D eigenvalue weighted by Crippen LogP contribution is -2.50. The first-order chi connectivity index (χ1) is 7.97. The van der Waals surface area contributed by atoms with Crippen molar-refractivity contribution in [2.24, 2.45) is 0 Å². The van der Waals surface area contributed by atoms with Crippen LogP contribution in [0.2, 0.25) is 0 Å². The number of hydrogen-bond donors (Lipinski definition) is 1. The van der Waals surface area contributed by atoms with Crippen molar-refractivity contribution in [3.05, 3.63) is 23.7 Å². The normalized spacial score (nSPS) is 24.0. The first-order valence-corrected chi connectivity index (χ1v) is 5.56. The van der Waals surface area contributed by atoms with E-state index in [0.717, 1.165) is 0 Å². The Morgan fingerprint density at radius 2 is 2.24 bits per heavy atom. The van der Waals surface area contributed by atoms with Gasteiger partial charge in [-0.15, -0.1) is 0 Å². The van der Waals surface area contributed by atoms with Gasteiger partial charge in [0, 0.05) is 6.54 Å². The van der Waals surface area contributed by atoms with E-state index in [1.807, 2.05) is 0 Å². The summed E-state index contributed by atoms with van der Waals surface area (Å²) in [6.07, 6.45) is 2.65. The summed E-state index contributed by atoms with van der Waals surface area (Å²) in [6, 6.07) is 1.58. The minimum atomic E-state index is -1.10. The van der Waals surface area contributed by atoms with Gasteiger partial charge in [0.1, 0.15) is 11.3 Å². The van der Waals surface area contributed by atoms with Gasteiger partial charge in [0.2, 0.25) is 0 Å². The van der Waals surface area contributed by atoms with Crippen LogP contribution >= 0.6 is 0 Å². The van der Waals surface area contributed by atoms with E-state index in [1.165, 1.54) is 11.2 Å². The second-order valence-electron chi connectivity index (χ2n) is 4.53. The molecule has 0 radical (unpaired) electrons. The molecule has 17 heavy (non-hydrogen) atoms. The lowest BCUT2D eigenvalue weighted by molar-refractivity contribution is -0.147. The van der Waals surface area contributed by atoms with Gasteiger partial charge in [-0.2, -0.15) is 0 Å². The minimum Gasteiger partial charge on any atom is -0.480 e. The highest BCUT2D eigenvalue weighted by molar-refractivity contribution is 5.98. The van der Waals surface area contributed by atoms with Gasteiger partial charge >= 0.3 is 5.97 Å². The average Bonchev–Trinajstić information content (AvgIpc) is 2.84. The van der Waals surface area contributed by atoms with Crippen LogP contribution in [-0.2, 0) is 4.79 Å². The van der Waals surface area contributed by atoms with E-state index in [4.69, 9.17) is 4.42 Å². The van der Waals surface area contributed by atoms with Gasteiger partial charge in [0.15, 0.2) is 0 Å². The van der Waals surface area contributed by atoms with Crippen molar-refractivity contribution in [2.45, 2.75) is 32.2 Å². The zero-order valence-electron chi connectivity index (χ0n) is 9.90. The highest BCUT2D eigenvalue weighted by Gasteiger charge is 2.46. The van der Waals surface area contributed by atoms with Crippen LogP contribution in [0, 0.1) is 6.92 Å². The van der Waals surface area contributed by atoms with Crippen molar-refractivity contribution in [1.29, 1.82) is 0 Å². The summed E-state index contributed by atoms with van der Waals surface area (Å²) >= 11 is 0. The lowest BCUT2D eigenvalue weighted by atomic mass is 9.98. The zero-order chi connectivity index (χ0) is 12.6. The second kappa shape index (κ2) is 3.91. The largest absolute Gasteiger partial charge is 0.480 e. The minimum absolute atomic E-state index is 0.265. The van der Waals surface area contributed by atoms with E-state index in [1.54, 1.807) is 19.9 Å². The predicted molar refractivity (Wildman–Crippen MR) is 59.8 cm³/mol. The molecule has 1 N–H and O–H groups in total. The molecule has 0 aliphatic carbocycles. The SMILES string of the molecule is Cc1occc1C(=O)N1CCC[C@@]1(C)C(=O)O. The average molecular weight is 237 g/mol. The fourth-order valence-electron chi connectivity index (χ4n) is 2.26. The number of hydrogen-bond acceptors (Lipinski definition) is 3. The van der Waals surface area contributed by atoms with Crippen LogP contribution < -0.4 is 0 Å². The van der Waals surface area contributed by atoms with Crippen molar-refractivity contribution >= 4 is 11.9 Å². The molecule has 1 aliphatic heterocycles. The summed E-state index contributed by atoms with van der Waals surface area (Å²) in [5.74, 6) is -0.696. The molecular weight excluding hydrogens is 222 g/mol. The van der Waals surface area contributed by atoms with E-state index in [9.17, 15) is 14.7 Å². The molecule has 1 atom stereocenters. The van der Waals surface area contributed by atoms with E-state index in [0.29, 0.717) is 30.7 Å². The van der Waals surface area contributed by atoms with Crippen molar-refractivity contribution < 1.29 is 19.1 Å². The number of furan rings is 1. The van der Waals surface area contributed by atoms with E-state index >= 15 is 0 Å². The quantitative estimate of drug-likeness (QED) is 0.849. The van der Waals surface area contributed by atoms with E-state index in [2.05, 4.69) is 0 Å². The molecule has 2 rings (SSSR count). The van der Waals surface area contributed by atoms with Crippen LogP contribution in [0.15, 0.2) is 16.7 Å². The first kappa shape index (κ1) is 11.7. The predicted octanol–water partition coefficient (Wildman–Crippen LogP) is 1.67. The number of carbonyl (C=O) groups is 2. The van der Waals surface area contributed by atoms with Crippen molar-refractivity contribution in [2.75, 3.05) is 6.54 Å². The molecule has 0 bridgehead atoms. The highest BCUT2D eigenvalue weighted by Crippen LogP contribution is 2.31. The molecule has 1 aliphatic rings. The van der Waals surface area contributed by atoms with Crippen molar-refractivity contribution in [1.82, 2.24) is 4.90 Å². The maximum absolute atomic E-state index is 12.3. The Hall–Kier alpha value is -1.78. The van der Waals surface area contributed by atoms with Gasteiger partial charge in [-0.05, 0) is 32.8 Å². The lowest BCUT2D eigenvalue weighted by Gasteiger charge is -2.31. The number of amides is 1. The third-order valence-electron chi connectivity index (χ3n) is 3.44. The van der Waals surface area contributed by atoms with Gasteiger partial charge in [0.05, 0.1) is 11.8 Å². The van der Waals surface area contributed by atoms with Crippen LogP contribution in [0.5, 0.6) is 0 Å². The number of aliphatic carboxylic acids is 1. The van der Waals surface area contributed by atoms with E-state index in [-0.39, 0.29) is 5.91 Å². The zero-order valence-corrected chi connectivity index (χ0v) is 9.90. The second-order valence-corrected chi connectivity index (χ2v) is 4.53. The number of likely N-dealkylation sites (tertiary alicyclic amines) is 1.